The highest BCUT2D eigenvalue weighted by molar-refractivity contribution is 6.01. The zero-order valence-corrected chi connectivity index (χ0v) is 16.2. The molecule has 0 bridgehead atoms. The fourth-order valence-corrected chi connectivity index (χ4v) is 3.81. The minimum Gasteiger partial charge on any atom is -0.233 e. The number of aromatic nitrogens is 2. The quantitative estimate of drug-likeness (QED) is 0.343. The second-order valence-electron chi connectivity index (χ2n) is 7.13. The van der Waals surface area contributed by atoms with E-state index in [2.05, 4.69) is 78.9 Å². The standard InChI is InChI=1S/C27H20N2/c1-19-28-26(21-12-6-3-7-13-21)25-17-9-16-24(27(25)29-19)23-15-8-14-22(18-23)20-10-4-2-5-11-20/h2-18H,1H3. The highest BCUT2D eigenvalue weighted by Crippen LogP contribution is 2.34. The van der Waals surface area contributed by atoms with Crippen LogP contribution in [0.3, 0.4) is 0 Å². The van der Waals surface area contributed by atoms with Crippen molar-refractivity contribution in [2.45, 2.75) is 6.92 Å². The lowest BCUT2D eigenvalue weighted by Crippen LogP contribution is -1.96. The van der Waals surface area contributed by atoms with Gasteiger partial charge in [0.05, 0.1) is 11.2 Å². The van der Waals surface area contributed by atoms with E-state index in [9.17, 15) is 0 Å². The van der Waals surface area contributed by atoms with Crippen LogP contribution in [0.2, 0.25) is 0 Å². The number of rotatable bonds is 3. The van der Waals surface area contributed by atoms with Crippen molar-refractivity contribution >= 4 is 10.9 Å². The highest BCUT2D eigenvalue weighted by atomic mass is 14.9. The molecule has 5 aromatic rings. The number of fused-ring (bicyclic) bond motifs is 1. The van der Waals surface area contributed by atoms with E-state index in [1.54, 1.807) is 0 Å². The van der Waals surface area contributed by atoms with Gasteiger partial charge in [0.1, 0.15) is 5.82 Å². The molecule has 0 aliphatic carbocycles. The van der Waals surface area contributed by atoms with Crippen molar-refractivity contribution in [1.29, 1.82) is 0 Å². The monoisotopic (exact) mass is 372 g/mol. The number of nitrogens with zero attached hydrogens (tertiary/aromatic N) is 2. The molecule has 0 spiro atoms. The Morgan fingerprint density at radius 2 is 1.14 bits per heavy atom. The van der Waals surface area contributed by atoms with Crippen LogP contribution in [0.15, 0.2) is 103 Å². The lowest BCUT2D eigenvalue weighted by atomic mass is 9.96. The molecule has 29 heavy (non-hydrogen) atoms. The third kappa shape index (κ3) is 3.30. The van der Waals surface area contributed by atoms with Crippen molar-refractivity contribution in [3.05, 3.63) is 109 Å². The van der Waals surface area contributed by atoms with Gasteiger partial charge in [-0.2, -0.15) is 0 Å². The minimum absolute atomic E-state index is 0.781. The molecular formula is C27H20N2. The van der Waals surface area contributed by atoms with Crippen LogP contribution in [0.25, 0.3) is 44.4 Å². The second kappa shape index (κ2) is 7.33. The molecule has 0 aliphatic heterocycles. The van der Waals surface area contributed by atoms with Crippen LogP contribution < -0.4 is 0 Å². The molecule has 2 nitrogen and oxygen atoms in total. The van der Waals surface area contributed by atoms with Crippen LogP contribution in [0.5, 0.6) is 0 Å². The summed E-state index contributed by atoms with van der Waals surface area (Å²) in [4.78, 5) is 9.59. The molecule has 0 atom stereocenters. The van der Waals surface area contributed by atoms with Gasteiger partial charge in [-0.3, -0.25) is 0 Å². The van der Waals surface area contributed by atoms with Crippen LogP contribution >= 0.6 is 0 Å². The van der Waals surface area contributed by atoms with Gasteiger partial charge in [0, 0.05) is 16.5 Å². The van der Waals surface area contributed by atoms with E-state index in [-0.39, 0.29) is 0 Å². The molecule has 1 aromatic heterocycles. The summed E-state index contributed by atoms with van der Waals surface area (Å²) in [5.74, 6) is 0.781. The van der Waals surface area contributed by atoms with E-state index in [1.165, 1.54) is 11.1 Å². The highest BCUT2D eigenvalue weighted by Gasteiger charge is 2.12. The number of hydrogen-bond donors (Lipinski definition) is 0. The van der Waals surface area contributed by atoms with Crippen LogP contribution in [-0.4, -0.2) is 9.97 Å². The van der Waals surface area contributed by atoms with E-state index in [1.807, 2.05) is 31.2 Å². The molecule has 0 N–H and O–H groups in total. The zero-order valence-electron chi connectivity index (χ0n) is 16.2. The fraction of sp³-hybridized carbons (Fsp3) is 0.0370. The number of benzene rings is 4. The molecule has 4 aromatic carbocycles. The first kappa shape index (κ1) is 17.3. The van der Waals surface area contributed by atoms with Crippen LogP contribution in [0.4, 0.5) is 0 Å². The summed E-state index contributed by atoms with van der Waals surface area (Å²) < 4.78 is 0. The smallest absolute Gasteiger partial charge is 0.126 e. The van der Waals surface area contributed by atoms with Crippen LogP contribution in [-0.2, 0) is 0 Å². The molecule has 138 valence electrons. The molecule has 0 fully saturated rings. The predicted octanol–water partition coefficient (Wildman–Crippen LogP) is 6.94. The van der Waals surface area contributed by atoms with Crippen LogP contribution in [0, 0.1) is 6.92 Å². The Morgan fingerprint density at radius 3 is 1.90 bits per heavy atom. The lowest BCUT2D eigenvalue weighted by molar-refractivity contribution is 1.10. The molecule has 0 aliphatic rings. The largest absolute Gasteiger partial charge is 0.233 e. The lowest BCUT2D eigenvalue weighted by Gasteiger charge is -2.12. The van der Waals surface area contributed by atoms with Crippen LogP contribution in [0.1, 0.15) is 5.82 Å². The average molecular weight is 372 g/mol. The maximum absolute atomic E-state index is 4.83. The minimum atomic E-state index is 0.781. The Kier molecular flexibility index (Phi) is 4.38. The molecule has 0 unspecified atom stereocenters. The fourth-order valence-electron chi connectivity index (χ4n) is 3.81. The molecule has 5 rings (SSSR count). The average Bonchev–Trinajstić information content (AvgIpc) is 2.79. The maximum Gasteiger partial charge on any atom is 0.126 e. The van der Waals surface area contributed by atoms with E-state index < -0.39 is 0 Å². The Balaban J connectivity index is 1.72. The van der Waals surface area contributed by atoms with Crippen molar-refractivity contribution in [3.63, 3.8) is 0 Å². The van der Waals surface area contributed by atoms with Gasteiger partial charge in [0.2, 0.25) is 0 Å². The first-order chi connectivity index (χ1) is 14.3. The summed E-state index contributed by atoms with van der Waals surface area (Å²) >= 11 is 0. The Bertz CT molecular complexity index is 1290. The summed E-state index contributed by atoms with van der Waals surface area (Å²) in [5, 5.41) is 1.07. The molecule has 2 heteroatoms. The SMILES string of the molecule is Cc1nc(-c2ccccc2)c2cccc(-c3cccc(-c4ccccc4)c3)c2n1. The summed E-state index contributed by atoms with van der Waals surface area (Å²) in [6, 6.07) is 35.8. The van der Waals surface area contributed by atoms with Gasteiger partial charge in [-0.25, -0.2) is 9.97 Å². The van der Waals surface area contributed by atoms with E-state index in [0.29, 0.717) is 0 Å². The van der Waals surface area contributed by atoms with Crippen molar-refractivity contribution < 1.29 is 0 Å². The molecule has 1 heterocycles. The molecule has 0 radical (unpaired) electrons. The van der Waals surface area contributed by atoms with Crippen molar-refractivity contribution in [1.82, 2.24) is 9.97 Å². The normalized spacial score (nSPS) is 10.9. The van der Waals surface area contributed by atoms with Gasteiger partial charge in [-0.05, 0) is 29.7 Å². The van der Waals surface area contributed by atoms with Gasteiger partial charge < -0.3 is 0 Å². The first-order valence-electron chi connectivity index (χ1n) is 9.78. The summed E-state index contributed by atoms with van der Waals surface area (Å²) in [5.41, 5.74) is 7.79. The maximum atomic E-state index is 4.83. The van der Waals surface area contributed by atoms with E-state index >= 15 is 0 Å². The van der Waals surface area contributed by atoms with Gasteiger partial charge in [-0.1, -0.05) is 97.1 Å². The molecule has 0 saturated carbocycles. The number of para-hydroxylation sites is 1. The molecular weight excluding hydrogens is 352 g/mol. The third-order valence-electron chi connectivity index (χ3n) is 5.17. The molecule has 0 saturated heterocycles. The first-order valence-corrected chi connectivity index (χ1v) is 9.78. The van der Waals surface area contributed by atoms with Crippen molar-refractivity contribution in [2.24, 2.45) is 0 Å². The summed E-state index contributed by atoms with van der Waals surface area (Å²) in [6.07, 6.45) is 0. The van der Waals surface area contributed by atoms with E-state index in [4.69, 9.17) is 9.97 Å². The number of aryl methyl sites for hydroxylation is 1. The van der Waals surface area contributed by atoms with Crippen molar-refractivity contribution in [2.75, 3.05) is 0 Å². The van der Waals surface area contributed by atoms with Gasteiger partial charge in [0.15, 0.2) is 0 Å². The Morgan fingerprint density at radius 1 is 0.517 bits per heavy atom. The molecule has 0 amide bonds. The Hall–Kier alpha value is -3.78. The topological polar surface area (TPSA) is 25.8 Å². The van der Waals surface area contributed by atoms with Gasteiger partial charge in [0.25, 0.3) is 0 Å². The zero-order chi connectivity index (χ0) is 19.6. The van der Waals surface area contributed by atoms with E-state index in [0.717, 1.165) is 39.1 Å². The Labute approximate surface area is 170 Å². The summed E-state index contributed by atoms with van der Waals surface area (Å²) in [6.45, 7) is 1.96. The van der Waals surface area contributed by atoms with Gasteiger partial charge >= 0.3 is 0 Å². The second-order valence-corrected chi connectivity index (χ2v) is 7.13. The summed E-state index contributed by atoms with van der Waals surface area (Å²) in [7, 11) is 0. The predicted molar refractivity (Wildman–Crippen MR) is 121 cm³/mol. The van der Waals surface area contributed by atoms with Crippen molar-refractivity contribution in [3.8, 4) is 33.5 Å². The number of hydrogen-bond acceptors (Lipinski definition) is 2. The van der Waals surface area contributed by atoms with Gasteiger partial charge in [-0.15, -0.1) is 0 Å². The third-order valence-corrected chi connectivity index (χ3v) is 5.17.